The third kappa shape index (κ3) is 10.3. The van der Waals surface area contributed by atoms with Crippen molar-refractivity contribution < 1.29 is 24.0 Å². The standard InChI is InChI=1S/C41H43NO5/c1-28(2)36(40(46)37(43)24-21-30-13-7-4-8-14-30)27-38(44)29(3)42-41(47)35(26-39(45)34-17-11-6-12-18-34)25-31-19-22-33(23-20-31)32-15-9-5-10-16-32/h4-20,22-23,28-29,35-36H,21,24-27H2,1-3H3,(H,42,47)/t29-,35-,36-/m0/s1. The Labute approximate surface area is 277 Å². The molecule has 6 nitrogen and oxygen atoms in total. The van der Waals surface area contributed by atoms with Crippen molar-refractivity contribution in [2.24, 2.45) is 17.8 Å². The molecule has 0 saturated carbocycles. The molecule has 0 heterocycles. The van der Waals surface area contributed by atoms with E-state index in [1.807, 2.05) is 105 Å². The van der Waals surface area contributed by atoms with Crippen LogP contribution < -0.4 is 5.32 Å². The van der Waals surface area contributed by atoms with E-state index in [-0.39, 0.29) is 36.7 Å². The van der Waals surface area contributed by atoms with E-state index in [1.54, 1.807) is 31.2 Å². The van der Waals surface area contributed by atoms with Gasteiger partial charge in [0.05, 0.1) is 6.04 Å². The van der Waals surface area contributed by atoms with Crippen LogP contribution in [0.5, 0.6) is 0 Å². The summed E-state index contributed by atoms with van der Waals surface area (Å²) < 4.78 is 0. The summed E-state index contributed by atoms with van der Waals surface area (Å²) in [7, 11) is 0. The van der Waals surface area contributed by atoms with Gasteiger partial charge in [-0.15, -0.1) is 0 Å². The Morgan fingerprint density at radius 1 is 0.617 bits per heavy atom. The van der Waals surface area contributed by atoms with Gasteiger partial charge in [0.25, 0.3) is 0 Å². The molecule has 4 aromatic carbocycles. The Morgan fingerprint density at radius 3 is 1.77 bits per heavy atom. The van der Waals surface area contributed by atoms with Crippen molar-refractivity contribution in [2.45, 2.75) is 58.9 Å². The molecule has 0 saturated heterocycles. The Balaban J connectivity index is 1.42. The smallest absolute Gasteiger partial charge is 0.224 e. The van der Waals surface area contributed by atoms with Gasteiger partial charge in [-0.2, -0.15) is 0 Å². The Bertz CT molecular complexity index is 1650. The lowest BCUT2D eigenvalue weighted by atomic mass is 9.83. The molecule has 0 aliphatic carbocycles. The van der Waals surface area contributed by atoms with Crippen molar-refractivity contribution in [1.82, 2.24) is 5.32 Å². The van der Waals surface area contributed by atoms with Gasteiger partial charge in [0.2, 0.25) is 11.7 Å². The fourth-order valence-corrected chi connectivity index (χ4v) is 5.64. The van der Waals surface area contributed by atoms with Crippen LogP contribution in [-0.2, 0) is 32.0 Å². The van der Waals surface area contributed by atoms with Crippen molar-refractivity contribution >= 4 is 29.0 Å². The first-order valence-corrected chi connectivity index (χ1v) is 16.3. The van der Waals surface area contributed by atoms with Gasteiger partial charge in [0.15, 0.2) is 17.3 Å². The monoisotopic (exact) mass is 629 g/mol. The fraction of sp³-hybridized carbons (Fsp3) is 0.293. The lowest BCUT2D eigenvalue weighted by Crippen LogP contribution is -2.44. The molecule has 3 atom stereocenters. The van der Waals surface area contributed by atoms with E-state index in [2.05, 4.69) is 5.32 Å². The molecule has 4 aromatic rings. The summed E-state index contributed by atoms with van der Waals surface area (Å²) in [6.45, 7) is 5.22. The quantitative estimate of drug-likeness (QED) is 0.0977. The zero-order valence-electron chi connectivity index (χ0n) is 27.4. The summed E-state index contributed by atoms with van der Waals surface area (Å²) in [5.74, 6) is -3.67. The van der Waals surface area contributed by atoms with Gasteiger partial charge >= 0.3 is 0 Å². The highest BCUT2D eigenvalue weighted by atomic mass is 16.2. The minimum Gasteiger partial charge on any atom is -0.346 e. The number of hydrogen-bond donors (Lipinski definition) is 1. The predicted octanol–water partition coefficient (Wildman–Crippen LogP) is 7.29. The Hall–Kier alpha value is -4.97. The van der Waals surface area contributed by atoms with E-state index < -0.39 is 35.4 Å². The maximum atomic E-state index is 13.7. The largest absolute Gasteiger partial charge is 0.346 e. The second-order valence-electron chi connectivity index (χ2n) is 12.5. The van der Waals surface area contributed by atoms with Gasteiger partial charge in [0, 0.05) is 36.7 Å². The number of carbonyl (C=O) groups excluding carboxylic acids is 5. The average molecular weight is 630 g/mol. The number of hydrogen-bond acceptors (Lipinski definition) is 5. The highest BCUT2D eigenvalue weighted by Gasteiger charge is 2.32. The molecular weight excluding hydrogens is 586 g/mol. The highest BCUT2D eigenvalue weighted by molar-refractivity contribution is 6.38. The summed E-state index contributed by atoms with van der Waals surface area (Å²) >= 11 is 0. The highest BCUT2D eigenvalue weighted by Crippen LogP contribution is 2.23. The molecule has 47 heavy (non-hydrogen) atoms. The van der Waals surface area contributed by atoms with Crippen molar-refractivity contribution in [3.05, 3.63) is 132 Å². The lowest BCUT2D eigenvalue weighted by molar-refractivity contribution is -0.141. The fourth-order valence-electron chi connectivity index (χ4n) is 5.64. The number of amides is 1. The van der Waals surface area contributed by atoms with Gasteiger partial charge in [0.1, 0.15) is 0 Å². The molecule has 0 bridgehead atoms. The van der Waals surface area contributed by atoms with Crippen molar-refractivity contribution in [3.63, 3.8) is 0 Å². The number of benzene rings is 4. The van der Waals surface area contributed by atoms with Gasteiger partial charge < -0.3 is 5.32 Å². The number of aryl methyl sites for hydroxylation is 1. The zero-order chi connectivity index (χ0) is 33.8. The van der Waals surface area contributed by atoms with Crippen LogP contribution in [0.1, 0.15) is 61.5 Å². The molecule has 4 rings (SSSR count). The maximum absolute atomic E-state index is 13.7. The average Bonchev–Trinajstić information content (AvgIpc) is 3.10. The molecule has 0 spiro atoms. The molecule has 0 fully saturated rings. The first-order chi connectivity index (χ1) is 22.6. The molecule has 0 unspecified atom stereocenters. The minimum absolute atomic E-state index is 0.0276. The topological polar surface area (TPSA) is 97.4 Å². The van der Waals surface area contributed by atoms with Crippen LogP contribution in [0.4, 0.5) is 0 Å². The van der Waals surface area contributed by atoms with Gasteiger partial charge in [-0.25, -0.2) is 0 Å². The van der Waals surface area contributed by atoms with Gasteiger partial charge in [-0.1, -0.05) is 129 Å². The van der Waals surface area contributed by atoms with Crippen LogP contribution in [0.2, 0.25) is 0 Å². The third-order valence-corrected chi connectivity index (χ3v) is 8.60. The molecule has 0 aliphatic rings. The zero-order valence-corrected chi connectivity index (χ0v) is 27.4. The normalized spacial score (nSPS) is 12.9. The van der Waals surface area contributed by atoms with Gasteiger partial charge in [-0.3, -0.25) is 24.0 Å². The molecule has 242 valence electrons. The first-order valence-electron chi connectivity index (χ1n) is 16.3. The van der Waals surface area contributed by atoms with E-state index in [9.17, 15) is 24.0 Å². The summed E-state index contributed by atoms with van der Waals surface area (Å²) in [4.78, 5) is 66.2. The van der Waals surface area contributed by atoms with E-state index in [0.29, 0.717) is 18.4 Å². The van der Waals surface area contributed by atoms with Crippen molar-refractivity contribution in [2.75, 3.05) is 0 Å². The number of rotatable bonds is 17. The first kappa shape index (κ1) is 34.9. The van der Waals surface area contributed by atoms with Crippen molar-refractivity contribution in [3.8, 4) is 11.1 Å². The van der Waals surface area contributed by atoms with Crippen LogP contribution in [0, 0.1) is 17.8 Å². The number of carbonyl (C=O) groups is 5. The third-order valence-electron chi connectivity index (χ3n) is 8.60. The Kier molecular flexibility index (Phi) is 12.7. The summed E-state index contributed by atoms with van der Waals surface area (Å²) in [5.41, 5.74) is 4.50. The van der Waals surface area contributed by atoms with Crippen LogP contribution in [0.25, 0.3) is 11.1 Å². The molecule has 0 aromatic heterocycles. The van der Waals surface area contributed by atoms with Crippen molar-refractivity contribution in [1.29, 1.82) is 0 Å². The van der Waals surface area contributed by atoms with E-state index in [1.165, 1.54) is 0 Å². The maximum Gasteiger partial charge on any atom is 0.224 e. The van der Waals surface area contributed by atoms with Crippen LogP contribution in [0.15, 0.2) is 115 Å². The molecule has 1 N–H and O–H groups in total. The number of Topliss-reactive ketones (excluding diaryl/α,β-unsaturated/α-hetero) is 4. The lowest BCUT2D eigenvalue weighted by Gasteiger charge is -2.23. The predicted molar refractivity (Wildman–Crippen MR) is 185 cm³/mol. The summed E-state index contributed by atoms with van der Waals surface area (Å²) in [5, 5.41) is 2.82. The second kappa shape index (κ2) is 17.1. The minimum atomic E-state index is -0.897. The molecule has 6 heteroatoms. The molecular formula is C41H43NO5. The van der Waals surface area contributed by atoms with Crippen LogP contribution in [0.3, 0.4) is 0 Å². The molecule has 0 radical (unpaired) electrons. The molecule has 1 amide bonds. The van der Waals surface area contributed by atoms with E-state index in [4.69, 9.17) is 0 Å². The van der Waals surface area contributed by atoms with Gasteiger partial charge in [-0.05, 0) is 47.9 Å². The number of ketones is 4. The number of nitrogens with one attached hydrogen (secondary N) is 1. The molecule has 0 aliphatic heterocycles. The van der Waals surface area contributed by atoms with Crippen LogP contribution in [-0.4, -0.2) is 35.1 Å². The Morgan fingerprint density at radius 2 is 1.17 bits per heavy atom. The summed E-state index contributed by atoms with van der Waals surface area (Å²) in [6, 6.07) is 35.3. The van der Waals surface area contributed by atoms with Crippen LogP contribution >= 0.6 is 0 Å². The van der Waals surface area contributed by atoms with E-state index >= 15 is 0 Å². The van der Waals surface area contributed by atoms with E-state index in [0.717, 1.165) is 22.3 Å². The summed E-state index contributed by atoms with van der Waals surface area (Å²) in [6.07, 6.45) is 0.665. The second-order valence-corrected chi connectivity index (χ2v) is 12.5. The SMILES string of the molecule is CC(C)[C@H](CC(=O)[C@H](C)NC(=O)[C@H](CC(=O)c1ccccc1)Cc1ccc(-c2ccccc2)cc1)C(=O)C(=O)CCc1ccccc1.